The largest absolute Gasteiger partial charge is 0.404 e. The quantitative estimate of drug-likeness (QED) is 0.815. The number of rotatable bonds is 3. The molecule has 0 aromatic heterocycles. The van der Waals surface area contributed by atoms with Crippen LogP contribution in [0.4, 0.5) is 13.2 Å². The van der Waals surface area contributed by atoms with E-state index < -0.39 is 17.5 Å². The molecule has 2 aliphatic heterocycles. The van der Waals surface area contributed by atoms with Crippen molar-refractivity contribution in [3.63, 3.8) is 0 Å². The Hall–Kier alpha value is -0.820. The van der Waals surface area contributed by atoms with Gasteiger partial charge in [-0.3, -0.25) is 4.79 Å². The number of likely N-dealkylation sites (tertiary alicyclic amines) is 1. The number of carbonyl (C=O) groups excluding carboxylic acids is 1. The van der Waals surface area contributed by atoms with Gasteiger partial charge in [0.05, 0.1) is 0 Å². The van der Waals surface area contributed by atoms with Crippen LogP contribution in [0.5, 0.6) is 0 Å². The minimum atomic E-state index is -4.49. The molecular formula is C13H22F3N3O. The van der Waals surface area contributed by atoms with Gasteiger partial charge in [0.1, 0.15) is 0 Å². The first kappa shape index (κ1) is 15.6. The molecule has 7 heteroatoms. The molecule has 2 N–H and O–H groups in total. The van der Waals surface area contributed by atoms with Gasteiger partial charge in [-0.2, -0.15) is 13.2 Å². The molecule has 2 fully saturated rings. The van der Waals surface area contributed by atoms with Gasteiger partial charge in [0.15, 0.2) is 5.41 Å². The van der Waals surface area contributed by atoms with Crippen LogP contribution in [0.2, 0.25) is 0 Å². The van der Waals surface area contributed by atoms with Gasteiger partial charge < -0.3 is 15.5 Å². The molecular weight excluding hydrogens is 271 g/mol. The zero-order valence-corrected chi connectivity index (χ0v) is 11.7. The zero-order valence-electron chi connectivity index (χ0n) is 11.7. The Balaban J connectivity index is 1.90. The Morgan fingerprint density at radius 2 is 2.05 bits per heavy atom. The molecule has 2 aliphatic rings. The van der Waals surface area contributed by atoms with Crippen molar-refractivity contribution >= 4 is 5.91 Å². The molecule has 0 aliphatic carbocycles. The summed E-state index contributed by atoms with van der Waals surface area (Å²) in [5.74, 6) is -0.580. The highest BCUT2D eigenvalue weighted by atomic mass is 19.4. The van der Waals surface area contributed by atoms with Gasteiger partial charge in [0.25, 0.3) is 0 Å². The number of hydrogen-bond donors (Lipinski definition) is 2. The van der Waals surface area contributed by atoms with E-state index >= 15 is 0 Å². The summed E-state index contributed by atoms with van der Waals surface area (Å²) in [6.07, 6.45) is -2.81. The van der Waals surface area contributed by atoms with Crippen molar-refractivity contribution in [2.24, 2.45) is 11.3 Å². The fourth-order valence-corrected chi connectivity index (χ4v) is 2.93. The highest BCUT2D eigenvalue weighted by Crippen LogP contribution is 2.43. The number of piperidine rings is 1. The lowest BCUT2D eigenvalue weighted by Crippen LogP contribution is -2.53. The van der Waals surface area contributed by atoms with E-state index in [0.29, 0.717) is 6.54 Å². The maximum atomic E-state index is 13.2. The SMILES string of the molecule is CN1CCC(CNC(=O)C2(C(F)(F)F)CCNC2)CC1. The highest BCUT2D eigenvalue weighted by molar-refractivity contribution is 5.84. The lowest BCUT2D eigenvalue weighted by Gasteiger charge is -2.32. The van der Waals surface area contributed by atoms with Crippen LogP contribution in [0.25, 0.3) is 0 Å². The summed E-state index contributed by atoms with van der Waals surface area (Å²) in [7, 11) is 2.03. The van der Waals surface area contributed by atoms with Crippen molar-refractivity contribution in [1.82, 2.24) is 15.5 Å². The fourth-order valence-electron chi connectivity index (χ4n) is 2.93. The Kier molecular flexibility index (Phi) is 4.59. The van der Waals surface area contributed by atoms with Crippen molar-refractivity contribution in [3.8, 4) is 0 Å². The van der Waals surface area contributed by atoms with Crippen LogP contribution in [-0.4, -0.2) is 56.8 Å². The number of amides is 1. The zero-order chi connectivity index (χ0) is 14.8. The van der Waals surface area contributed by atoms with Crippen LogP contribution >= 0.6 is 0 Å². The first-order valence-corrected chi connectivity index (χ1v) is 7.09. The van der Waals surface area contributed by atoms with E-state index in [1.54, 1.807) is 0 Å². The van der Waals surface area contributed by atoms with Crippen molar-refractivity contribution in [2.75, 3.05) is 39.8 Å². The van der Waals surface area contributed by atoms with E-state index in [-0.39, 0.29) is 25.4 Å². The average molecular weight is 293 g/mol. The van der Waals surface area contributed by atoms with Crippen molar-refractivity contribution in [1.29, 1.82) is 0 Å². The van der Waals surface area contributed by atoms with E-state index in [0.717, 1.165) is 25.9 Å². The van der Waals surface area contributed by atoms with Gasteiger partial charge in [-0.1, -0.05) is 0 Å². The third-order valence-corrected chi connectivity index (χ3v) is 4.52. The van der Waals surface area contributed by atoms with E-state index in [2.05, 4.69) is 15.5 Å². The van der Waals surface area contributed by atoms with Gasteiger partial charge in [0, 0.05) is 13.1 Å². The standard InChI is InChI=1S/C13H22F3N3O/c1-19-6-2-10(3-7-19)8-18-11(20)12(13(14,15)16)4-5-17-9-12/h10,17H,2-9H2,1H3,(H,18,20). The smallest absolute Gasteiger partial charge is 0.355 e. The third kappa shape index (κ3) is 3.09. The summed E-state index contributed by atoms with van der Waals surface area (Å²) in [6, 6.07) is 0. The molecule has 2 heterocycles. The Bertz CT molecular complexity index is 345. The van der Waals surface area contributed by atoms with Gasteiger partial charge in [0.2, 0.25) is 5.91 Å². The monoisotopic (exact) mass is 293 g/mol. The van der Waals surface area contributed by atoms with Crippen LogP contribution in [0.1, 0.15) is 19.3 Å². The lowest BCUT2D eigenvalue weighted by molar-refractivity contribution is -0.216. The molecule has 0 bridgehead atoms. The summed E-state index contributed by atoms with van der Waals surface area (Å²) in [6.45, 7) is 2.15. The molecule has 1 unspecified atom stereocenters. The molecule has 4 nitrogen and oxygen atoms in total. The van der Waals surface area contributed by atoms with Crippen LogP contribution in [0.15, 0.2) is 0 Å². The normalized spacial score (nSPS) is 29.6. The molecule has 0 aromatic carbocycles. The van der Waals surface area contributed by atoms with E-state index in [9.17, 15) is 18.0 Å². The molecule has 2 rings (SSSR count). The van der Waals surface area contributed by atoms with Gasteiger partial charge >= 0.3 is 6.18 Å². The van der Waals surface area contributed by atoms with Crippen molar-refractivity contribution in [3.05, 3.63) is 0 Å². The number of carbonyl (C=O) groups is 1. The number of alkyl halides is 3. The maximum Gasteiger partial charge on any atom is 0.404 e. The highest BCUT2D eigenvalue weighted by Gasteiger charge is 2.61. The van der Waals surface area contributed by atoms with E-state index in [4.69, 9.17) is 0 Å². The summed E-state index contributed by atoms with van der Waals surface area (Å²) < 4.78 is 39.5. The minimum Gasteiger partial charge on any atom is -0.355 e. The summed E-state index contributed by atoms with van der Waals surface area (Å²) in [5, 5.41) is 5.20. The van der Waals surface area contributed by atoms with Gasteiger partial charge in [-0.05, 0) is 51.9 Å². The molecule has 0 saturated carbocycles. The Labute approximate surface area is 117 Å². The Morgan fingerprint density at radius 3 is 2.55 bits per heavy atom. The van der Waals surface area contributed by atoms with Crippen LogP contribution < -0.4 is 10.6 Å². The third-order valence-electron chi connectivity index (χ3n) is 4.52. The lowest BCUT2D eigenvalue weighted by atomic mass is 9.85. The molecule has 2 saturated heterocycles. The second-order valence-electron chi connectivity index (χ2n) is 5.96. The van der Waals surface area contributed by atoms with Gasteiger partial charge in [-0.25, -0.2) is 0 Å². The first-order chi connectivity index (χ1) is 9.35. The predicted molar refractivity (Wildman–Crippen MR) is 69.2 cm³/mol. The van der Waals surface area contributed by atoms with Gasteiger partial charge in [-0.15, -0.1) is 0 Å². The molecule has 1 atom stereocenters. The second kappa shape index (κ2) is 5.89. The average Bonchev–Trinajstić information content (AvgIpc) is 2.88. The molecule has 1 amide bonds. The molecule has 116 valence electrons. The number of nitrogens with zero attached hydrogens (tertiary/aromatic N) is 1. The maximum absolute atomic E-state index is 13.2. The Morgan fingerprint density at radius 1 is 1.40 bits per heavy atom. The fraction of sp³-hybridized carbons (Fsp3) is 0.923. The molecule has 0 spiro atoms. The van der Waals surface area contributed by atoms with Crippen molar-refractivity contribution in [2.45, 2.75) is 25.4 Å². The number of halogens is 3. The predicted octanol–water partition coefficient (Wildman–Crippen LogP) is 0.986. The van der Waals surface area contributed by atoms with Crippen molar-refractivity contribution < 1.29 is 18.0 Å². The molecule has 0 radical (unpaired) electrons. The number of nitrogens with one attached hydrogen (secondary N) is 2. The van der Waals surface area contributed by atoms with Crippen LogP contribution in [0.3, 0.4) is 0 Å². The summed E-state index contributed by atoms with van der Waals surface area (Å²) in [5.41, 5.74) is -2.24. The van der Waals surface area contributed by atoms with E-state index in [1.165, 1.54) is 0 Å². The van der Waals surface area contributed by atoms with Crippen LogP contribution in [-0.2, 0) is 4.79 Å². The molecule has 0 aromatic rings. The minimum absolute atomic E-state index is 0.171. The van der Waals surface area contributed by atoms with E-state index in [1.807, 2.05) is 7.05 Å². The number of hydrogen-bond acceptors (Lipinski definition) is 3. The topological polar surface area (TPSA) is 44.4 Å². The first-order valence-electron chi connectivity index (χ1n) is 7.09. The van der Waals surface area contributed by atoms with Crippen LogP contribution in [0, 0.1) is 11.3 Å². The second-order valence-corrected chi connectivity index (χ2v) is 5.96. The summed E-state index contributed by atoms with van der Waals surface area (Å²) in [4.78, 5) is 14.2. The molecule has 20 heavy (non-hydrogen) atoms. The summed E-state index contributed by atoms with van der Waals surface area (Å²) >= 11 is 0.